The largest absolute Gasteiger partial charge is 0.342 e. The van der Waals surface area contributed by atoms with Crippen molar-refractivity contribution in [3.05, 3.63) is 0 Å². The molecule has 1 saturated heterocycles. The molecular weight excluding hydrogens is 212 g/mol. The molecule has 1 heterocycles. The van der Waals surface area contributed by atoms with E-state index in [1.807, 2.05) is 11.9 Å². The van der Waals surface area contributed by atoms with Crippen LogP contribution in [0.1, 0.15) is 40.5 Å². The number of amides is 1. The second-order valence-corrected chi connectivity index (χ2v) is 6.11. The van der Waals surface area contributed by atoms with Gasteiger partial charge in [-0.15, -0.1) is 0 Å². The third-order valence-corrected chi connectivity index (χ3v) is 3.73. The lowest BCUT2D eigenvalue weighted by Crippen LogP contribution is -2.42. The molecule has 1 fully saturated rings. The number of carbonyl (C=O) groups is 1. The van der Waals surface area contributed by atoms with Gasteiger partial charge in [0, 0.05) is 19.6 Å². The van der Waals surface area contributed by atoms with E-state index in [0.29, 0.717) is 18.5 Å². The summed E-state index contributed by atoms with van der Waals surface area (Å²) in [6, 6.07) is 0.350. The summed E-state index contributed by atoms with van der Waals surface area (Å²) in [7, 11) is 1.94. The zero-order chi connectivity index (χ0) is 13.0. The molecule has 2 atom stereocenters. The van der Waals surface area contributed by atoms with E-state index in [9.17, 15) is 4.79 Å². The van der Waals surface area contributed by atoms with Crippen LogP contribution in [0.5, 0.6) is 0 Å². The lowest BCUT2D eigenvalue weighted by molar-refractivity contribution is -0.132. The van der Waals surface area contributed by atoms with Gasteiger partial charge in [0.2, 0.25) is 5.91 Å². The first kappa shape index (κ1) is 14.5. The van der Waals surface area contributed by atoms with Gasteiger partial charge >= 0.3 is 0 Å². The van der Waals surface area contributed by atoms with Crippen LogP contribution in [0.25, 0.3) is 0 Å². The molecule has 2 unspecified atom stereocenters. The van der Waals surface area contributed by atoms with Crippen molar-refractivity contribution in [1.82, 2.24) is 9.80 Å². The highest BCUT2D eigenvalue weighted by atomic mass is 16.2. The van der Waals surface area contributed by atoms with Crippen LogP contribution in [-0.4, -0.2) is 48.4 Å². The first-order valence-corrected chi connectivity index (χ1v) is 6.88. The summed E-state index contributed by atoms with van der Waals surface area (Å²) < 4.78 is 0. The molecule has 0 radical (unpaired) electrons. The minimum atomic E-state index is 0.271. The van der Waals surface area contributed by atoms with Crippen molar-refractivity contribution in [2.24, 2.45) is 11.8 Å². The molecule has 1 aliphatic heterocycles. The highest BCUT2D eigenvalue weighted by Crippen LogP contribution is 2.15. The minimum Gasteiger partial charge on any atom is -0.342 e. The van der Waals surface area contributed by atoms with Gasteiger partial charge in [-0.3, -0.25) is 9.69 Å². The number of hydrogen-bond acceptors (Lipinski definition) is 2. The Morgan fingerprint density at radius 1 is 1.41 bits per heavy atom. The Labute approximate surface area is 106 Å². The summed E-state index contributed by atoms with van der Waals surface area (Å²) >= 11 is 0. The number of rotatable bonds is 5. The molecule has 0 aromatic rings. The van der Waals surface area contributed by atoms with Crippen LogP contribution in [0.15, 0.2) is 0 Å². The summed E-state index contributed by atoms with van der Waals surface area (Å²) in [4.78, 5) is 16.3. The van der Waals surface area contributed by atoms with Gasteiger partial charge in [-0.2, -0.15) is 0 Å². The van der Waals surface area contributed by atoms with E-state index in [-0.39, 0.29) is 5.91 Å². The number of hydrogen-bond donors (Lipinski definition) is 0. The van der Waals surface area contributed by atoms with Crippen molar-refractivity contribution in [1.29, 1.82) is 0 Å². The molecule has 0 aromatic carbocycles. The van der Waals surface area contributed by atoms with Crippen LogP contribution in [-0.2, 0) is 4.79 Å². The van der Waals surface area contributed by atoms with Crippen LogP contribution in [0, 0.1) is 11.8 Å². The normalized spacial score (nSPS) is 23.1. The lowest BCUT2D eigenvalue weighted by Gasteiger charge is -2.28. The molecule has 3 heteroatoms. The van der Waals surface area contributed by atoms with Crippen molar-refractivity contribution < 1.29 is 4.79 Å². The van der Waals surface area contributed by atoms with Gasteiger partial charge in [-0.25, -0.2) is 0 Å². The predicted octanol–water partition coefficient (Wildman–Crippen LogP) is 2.22. The lowest BCUT2D eigenvalue weighted by atomic mass is 10.0. The SMILES string of the molecule is CC(C)CC(C)N(C)C(=O)CN1CCC(C)C1. The average molecular weight is 240 g/mol. The molecule has 0 spiro atoms. The Morgan fingerprint density at radius 3 is 2.53 bits per heavy atom. The van der Waals surface area contributed by atoms with E-state index < -0.39 is 0 Å². The van der Waals surface area contributed by atoms with E-state index >= 15 is 0 Å². The summed E-state index contributed by atoms with van der Waals surface area (Å²) in [5.41, 5.74) is 0. The molecule has 1 aliphatic rings. The van der Waals surface area contributed by atoms with Gasteiger partial charge in [0.1, 0.15) is 0 Å². The second kappa shape index (κ2) is 6.39. The van der Waals surface area contributed by atoms with Gasteiger partial charge in [0.05, 0.1) is 6.54 Å². The summed E-state index contributed by atoms with van der Waals surface area (Å²) in [5.74, 6) is 1.67. The Kier molecular flexibility index (Phi) is 5.44. The maximum Gasteiger partial charge on any atom is 0.236 e. The second-order valence-electron chi connectivity index (χ2n) is 6.11. The number of nitrogens with zero attached hydrogens (tertiary/aromatic N) is 2. The van der Waals surface area contributed by atoms with E-state index in [0.717, 1.165) is 25.4 Å². The first-order chi connectivity index (χ1) is 7.90. The Hall–Kier alpha value is -0.570. The minimum absolute atomic E-state index is 0.271. The van der Waals surface area contributed by atoms with Crippen LogP contribution in [0.4, 0.5) is 0 Å². The molecule has 17 heavy (non-hydrogen) atoms. The van der Waals surface area contributed by atoms with Crippen molar-refractivity contribution in [2.75, 3.05) is 26.7 Å². The Bertz CT molecular complexity index is 253. The van der Waals surface area contributed by atoms with Crippen LogP contribution < -0.4 is 0 Å². The van der Waals surface area contributed by atoms with Gasteiger partial charge < -0.3 is 4.90 Å². The smallest absolute Gasteiger partial charge is 0.236 e. The van der Waals surface area contributed by atoms with Crippen molar-refractivity contribution in [3.8, 4) is 0 Å². The molecule has 0 aromatic heterocycles. The van der Waals surface area contributed by atoms with Crippen molar-refractivity contribution in [3.63, 3.8) is 0 Å². The van der Waals surface area contributed by atoms with Gasteiger partial charge in [0.25, 0.3) is 0 Å². The van der Waals surface area contributed by atoms with E-state index in [4.69, 9.17) is 0 Å². The Balaban J connectivity index is 2.36. The summed E-state index contributed by atoms with van der Waals surface area (Å²) in [5, 5.41) is 0. The standard InChI is InChI=1S/C14H28N2O/c1-11(2)8-13(4)15(5)14(17)10-16-7-6-12(3)9-16/h11-13H,6-10H2,1-5H3. The molecule has 3 nitrogen and oxygen atoms in total. The van der Waals surface area contributed by atoms with Crippen LogP contribution in [0.2, 0.25) is 0 Å². The Morgan fingerprint density at radius 2 is 2.06 bits per heavy atom. The fourth-order valence-electron chi connectivity index (χ4n) is 2.56. The van der Waals surface area contributed by atoms with Crippen LogP contribution in [0.3, 0.4) is 0 Å². The molecular formula is C14H28N2O. The molecule has 0 bridgehead atoms. The molecule has 1 rings (SSSR count). The monoisotopic (exact) mass is 240 g/mol. The molecule has 0 aliphatic carbocycles. The number of likely N-dealkylation sites (tertiary alicyclic amines) is 1. The average Bonchev–Trinajstić information content (AvgIpc) is 2.61. The fourth-order valence-corrected chi connectivity index (χ4v) is 2.56. The molecule has 100 valence electrons. The maximum absolute atomic E-state index is 12.1. The third kappa shape index (κ3) is 4.66. The quantitative estimate of drug-likeness (QED) is 0.735. The van der Waals surface area contributed by atoms with Gasteiger partial charge in [0.15, 0.2) is 0 Å². The van der Waals surface area contributed by atoms with E-state index in [2.05, 4.69) is 32.6 Å². The number of likely N-dealkylation sites (N-methyl/N-ethyl adjacent to an activating group) is 1. The van der Waals surface area contributed by atoms with Gasteiger partial charge in [-0.05, 0) is 38.1 Å². The molecule has 0 saturated carbocycles. The van der Waals surface area contributed by atoms with Crippen molar-refractivity contribution in [2.45, 2.75) is 46.6 Å². The zero-order valence-corrected chi connectivity index (χ0v) is 12.1. The maximum atomic E-state index is 12.1. The zero-order valence-electron chi connectivity index (χ0n) is 12.1. The highest BCUT2D eigenvalue weighted by Gasteiger charge is 2.23. The van der Waals surface area contributed by atoms with Crippen LogP contribution >= 0.6 is 0 Å². The summed E-state index contributed by atoms with van der Waals surface area (Å²) in [6.45, 7) is 11.6. The highest BCUT2D eigenvalue weighted by molar-refractivity contribution is 5.78. The van der Waals surface area contributed by atoms with Gasteiger partial charge in [-0.1, -0.05) is 20.8 Å². The first-order valence-electron chi connectivity index (χ1n) is 6.88. The summed E-state index contributed by atoms with van der Waals surface area (Å²) in [6.07, 6.45) is 2.32. The topological polar surface area (TPSA) is 23.6 Å². The molecule has 1 amide bonds. The number of carbonyl (C=O) groups excluding carboxylic acids is 1. The fraction of sp³-hybridized carbons (Fsp3) is 0.929. The van der Waals surface area contributed by atoms with E-state index in [1.54, 1.807) is 0 Å². The predicted molar refractivity (Wildman–Crippen MR) is 71.9 cm³/mol. The van der Waals surface area contributed by atoms with Crippen molar-refractivity contribution >= 4 is 5.91 Å². The van der Waals surface area contributed by atoms with E-state index in [1.165, 1.54) is 6.42 Å². The molecule has 0 N–H and O–H groups in total. The third-order valence-electron chi connectivity index (χ3n) is 3.73.